The van der Waals surface area contributed by atoms with Crippen LogP contribution < -0.4 is 5.32 Å². The predicted molar refractivity (Wildman–Crippen MR) is 81.5 cm³/mol. The number of carbonyl (C=O) groups excluding carboxylic acids is 1. The lowest BCUT2D eigenvalue weighted by Gasteiger charge is -2.10. The van der Waals surface area contributed by atoms with Gasteiger partial charge in [0.15, 0.2) is 0 Å². The van der Waals surface area contributed by atoms with Gasteiger partial charge >= 0.3 is 0 Å². The fourth-order valence-corrected chi connectivity index (χ4v) is 2.12. The van der Waals surface area contributed by atoms with E-state index in [1.807, 2.05) is 44.2 Å². The maximum atomic E-state index is 12.2. The Labute approximate surface area is 124 Å². The van der Waals surface area contributed by atoms with Gasteiger partial charge < -0.3 is 10.4 Å². The van der Waals surface area contributed by atoms with Gasteiger partial charge in [-0.3, -0.25) is 4.79 Å². The number of rotatable bonds is 6. The van der Waals surface area contributed by atoms with Crippen molar-refractivity contribution in [1.82, 2.24) is 15.1 Å². The van der Waals surface area contributed by atoms with Crippen LogP contribution in [0.5, 0.6) is 0 Å². The van der Waals surface area contributed by atoms with Crippen molar-refractivity contribution >= 4 is 5.91 Å². The summed E-state index contributed by atoms with van der Waals surface area (Å²) >= 11 is 0. The Morgan fingerprint density at radius 3 is 2.71 bits per heavy atom. The normalized spacial score (nSPS) is 12.1. The SMILES string of the molecule is CCc1c(C(=O)NCC(C)CO)cnn1-c1ccccc1. The molecular weight excluding hydrogens is 266 g/mol. The molecule has 21 heavy (non-hydrogen) atoms. The molecule has 1 unspecified atom stereocenters. The van der Waals surface area contributed by atoms with Gasteiger partial charge in [0.2, 0.25) is 0 Å². The van der Waals surface area contributed by atoms with Crippen molar-refractivity contribution in [3.05, 3.63) is 47.8 Å². The zero-order valence-corrected chi connectivity index (χ0v) is 12.4. The molecule has 0 saturated carbocycles. The fraction of sp³-hybridized carbons (Fsp3) is 0.375. The van der Waals surface area contributed by atoms with Crippen molar-refractivity contribution in [2.75, 3.05) is 13.2 Å². The summed E-state index contributed by atoms with van der Waals surface area (Å²) in [5.41, 5.74) is 2.42. The van der Waals surface area contributed by atoms with Crippen molar-refractivity contribution in [2.45, 2.75) is 20.3 Å². The first-order valence-corrected chi connectivity index (χ1v) is 7.18. The highest BCUT2D eigenvalue weighted by Gasteiger charge is 2.17. The summed E-state index contributed by atoms with van der Waals surface area (Å²) < 4.78 is 1.80. The molecule has 2 aromatic rings. The van der Waals surface area contributed by atoms with E-state index >= 15 is 0 Å². The minimum Gasteiger partial charge on any atom is -0.396 e. The summed E-state index contributed by atoms with van der Waals surface area (Å²) in [7, 11) is 0. The highest BCUT2D eigenvalue weighted by atomic mass is 16.3. The number of nitrogens with one attached hydrogen (secondary N) is 1. The second-order valence-corrected chi connectivity index (χ2v) is 5.10. The van der Waals surface area contributed by atoms with E-state index in [-0.39, 0.29) is 18.4 Å². The Kier molecular flexibility index (Phi) is 5.11. The van der Waals surface area contributed by atoms with Gasteiger partial charge in [-0.05, 0) is 24.5 Å². The lowest BCUT2D eigenvalue weighted by Crippen LogP contribution is -2.30. The van der Waals surface area contributed by atoms with E-state index < -0.39 is 0 Å². The van der Waals surface area contributed by atoms with Crippen LogP contribution in [-0.4, -0.2) is 33.9 Å². The van der Waals surface area contributed by atoms with Crippen LogP contribution in [0.2, 0.25) is 0 Å². The highest BCUT2D eigenvalue weighted by molar-refractivity contribution is 5.95. The smallest absolute Gasteiger partial charge is 0.254 e. The third kappa shape index (κ3) is 3.49. The zero-order chi connectivity index (χ0) is 15.2. The van der Waals surface area contributed by atoms with Crippen LogP contribution >= 0.6 is 0 Å². The molecule has 0 aliphatic heterocycles. The number of benzene rings is 1. The third-order valence-corrected chi connectivity index (χ3v) is 3.37. The Bertz CT molecular complexity index is 593. The summed E-state index contributed by atoms with van der Waals surface area (Å²) in [5.74, 6) is -0.0995. The number of amides is 1. The van der Waals surface area contributed by atoms with Crippen LogP contribution in [-0.2, 0) is 6.42 Å². The van der Waals surface area contributed by atoms with Gasteiger partial charge in [0.25, 0.3) is 5.91 Å². The monoisotopic (exact) mass is 287 g/mol. The summed E-state index contributed by atoms with van der Waals surface area (Å²) in [4.78, 5) is 12.2. The summed E-state index contributed by atoms with van der Waals surface area (Å²) in [6.07, 6.45) is 2.32. The zero-order valence-electron chi connectivity index (χ0n) is 12.4. The van der Waals surface area contributed by atoms with Crippen molar-refractivity contribution in [2.24, 2.45) is 5.92 Å². The van der Waals surface area contributed by atoms with Gasteiger partial charge in [-0.15, -0.1) is 0 Å². The molecule has 112 valence electrons. The molecule has 2 rings (SSSR count). The standard InChI is InChI=1S/C16H21N3O2/c1-3-15-14(16(21)17-9-12(2)11-20)10-18-19(15)13-7-5-4-6-8-13/h4-8,10,12,20H,3,9,11H2,1-2H3,(H,17,21). The number of hydrogen-bond donors (Lipinski definition) is 2. The fourth-order valence-electron chi connectivity index (χ4n) is 2.12. The quantitative estimate of drug-likeness (QED) is 0.851. The lowest BCUT2D eigenvalue weighted by molar-refractivity contribution is 0.0941. The van der Waals surface area contributed by atoms with Crippen LogP contribution in [0, 0.1) is 5.92 Å². The molecule has 1 aromatic heterocycles. The first kappa shape index (κ1) is 15.3. The molecule has 0 aliphatic carbocycles. The summed E-state index contributed by atoms with van der Waals surface area (Å²) in [6, 6.07) is 9.75. The van der Waals surface area contributed by atoms with Crippen LogP contribution in [0.25, 0.3) is 5.69 Å². The topological polar surface area (TPSA) is 67.2 Å². The second-order valence-electron chi connectivity index (χ2n) is 5.10. The van der Waals surface area contributed by atoms with Gasteiger partial charge in [-0.2, -0.15) is 5.10 Å². The molecule has 1 heterocycles. The van der Waals surface area contributed by atoms with Crippen LogP contribution in [0.1, 0.15) is 29.9 Å². The summed E-state index contributed by atoms with van der Waals surface area (Å²) in [6.45, 7) is 4.40. The predicted octanol–water partition coefficient (Wildman–Crippen LogP) is 1.79. The van der Waals surface area contributed by atoms with Gasteiger partial charge in [0, 0.05) is 13.2 Å². The number of aliphatic hydroxyl groups excluding tert-OH is 1. The number of aromatic nitrogens is 2. The molecule has 2 N–H and O–H groups in total. The Morgan fingerprint density at radius 2 is 2.10 bits per heavy atom. The third-order valence-electron chi connectivity index (χ3n) is 3.37. The van der Waals surface area contributed by atoms with Gasteiger partial charge in [0.1, 0.15) is 0 Å². The van der Waals surface area contributed by atoms with Crippen molar-refractivity contribution < 1.29 is 9.90 Å². The maximum Gasteiger partial charge on any atom is 0.254 e. The first-order valence-electron chi connectivity index (χ1n) is 7.18. The molecule has 0 aliphatic rings. The van der Waals surface area contributed by atoms with Gasteiger partial charge in [0.05, 0.1) is 23.1 Å². The lowest BCUT2D eigenvalue weighted by atomic mass is 10.1. The first-order chi connectivity index (χ1) is 10.2. The number of nitrogens with zero attached hydrogens (tertiary/aromatic N) is 2. The second kappa shape index (κ2) is 7.04. The average molecular weight is 287 g/mol. The number of hydrogen-bond acceptors (Lipinski definition) is 3. The molecular formula is C16H21N3O2. The Balaban J connectivity index is 2.22. The largest absolute Gasteiger partial charge is 0.396 e. The average Bonchev–Trinajstić information content (AvgIpc) is 2.97. The molecule has 1 atom stereocenters. The van der Waals surface area contributed by atoms with E-state index in [1.165, 1.54) is 0 Å². The highest BCUT2D eigenvalue weighted by Crippen LogP contribution is 2.15. The van der Waals surface area contributed by atoms with Crippen LogP contribution in [0.15, 0.2) is 36.5 Å². The molecule has 1 aromatic carbocycles. The molecule has 0 saturated heterocycles. The van der Waals surface area contributed by atoms with E-state index in [4.69, 9.17) is 5.11 Å². The minimum atomic E-state index is -0.144. The molecule has 0 bridgehead atoms. The number of aliphatic hydroxyl groups is 1. The van der Waals surface area contributed by atoms with E-state index in [0.29, 0.717) is 18.5 Å². The van der Waals surface area contributed by atoms with Crippen molar-refractivity contribution in [3.63, 3.8) is 0 Å². The number of para-hydroxylation sites is 1. The number of carbonyl (C=O) groups is 1. The van der Waals surface area contributed by atoms with Gasteiger partial charge in [-0.1, -0.05) is 32.0 Å². The van der Waals surface area contributed by atoms with E-state index in [9.17, 15) is 4.79 Å². The molecule has 5 heteroatoms. The Morgan fingerprint density at radius 1 is 1.38 bits per heavy atom. The van der Waals surface area contributed by atoms with Gasteiger partial charge in [-0.25, -0.2) is 4.68 Å². The van der Waals surface area contributed by atoms with Crippen molar-refractivity contribution in [3.8, 4) is 5.69 Å². The molecule has 0 radical (unpaired) electrons. The van der Waals surface area contributed by atoms with E-state index in [1.54, 1.807) is 10.9 Å². The van der Waals surface area contributed by atoms with E-state index in [2.05, 4.69) is 10.4 Å². The van der Waals surface area contributed by atoms with Crippen molar-refractivity contribution in [1.29, 1.82) is 0 Å². The molecule has 1 amide bonds. The minimum absolute atomic E-state index is 0.0446. The van der Waals surface area contributed by atoms with E-state index in [0.717, 1.165) is 11.4 Å². The Hall–Kier alpha value is -2.14. The summed E-state index contributed by atoms with van der Waals surface area (Å²) in [5, 5.41) is 16.2. The molecule has 0 spiro atoms. The van der Waals surface area contributed by atoms with Crippen LogP contribution in [0.3, 0.4) is 0 Å². The molecule has 0 fully saturated rings. The maximum absolute atomic E-state index is 12.2. The van der Waals surface area contributed by atoms with Crippen LogP contribution in [0.4, 0.5) is 0 Å². The molecule has 5 nitrogen and oxygen atoms in total.